The van der Waals surface area contributed by atoms with Gasteiger partial charge in [0.15, 0.2) is 8.07 Å². The van der Waals surface area contributed by atoms with Gasteiger partial charge < -0.3 is 4.42 Å². The van der Waals surface area contributed by atoms with Crippen molar-refractivity contribution in [1.82, 2.24) is 0 Å². The van der Waals surface area contributed by atoms with Gasteiger partial charge in [-0.15, -0.1) is 0 Å². The minimum atomic E-state index is -2.29. The molecule has 2 heteroatoms. The van der Waals surface area contributed by atoms with Gasteiger partial charge in [-0.05, 0) is 61.2 Å². The molecule has 4 aromatic carbocycles. The second kappa shape index (κ2) is 5.71. The van der Waals surface area contributed by atoms with Gasteiger partial charge in [0.1, 0.15) is 5.76 Å². The maximum Gasteiger partial charge on any atom is 0.182 e. The summed E-state index contributed by atoms with van der Waals surface area (Å²) in [6, 6.07) is 38.1. The van der Waals surface area contributed by atoms with E-state index in [4.69, 9.17) is 4.42 Å². The van der Waals surface area contributed by atoms with Crippen molar-refractivity contribution in [3.8, 4) is 33.6 Å². The molecule has 0 radical (unpaired) electrons. The van der Waals surface area contributed by atoms with E-state index in [-0.39, 0.29) is 0 Å². The molecule has 0 saturated heterocycles. The van der Waals surface area contributed by atoms with E-state index in [1.807, 2.05) is 12.1 Å². The van der Waals surface area contributed by atoms with Gasteiger partial charge in [0.25, 0.3) is 0 Å². The zero-order chi connectivity index (χ0) is 19.7. The lowest BCUT2D eigenvalue weighted by Gasteiger charge is -2.27. The molecule has 5 aromatic rings. The fourth-order valence-electron chi connectivity index (χ4n) is 5.70. The highest BCUT2D eigenvalue weighted by atomic mass is 28.3. The van der Waals surface area contributed by atoms with E-state index in [1.165, 1.54) is 43.0 Å². The lowest BCUT2D eigenvalue weighted by molar-refractivity contribution is 0.582. The van der Waals surface area contributed by atoms with Crippen LogP contribution in [0.3, 0.4) is 0 Å². The number of rotatable bonds is 1. The Kier molecular flexibility index (Phi) is 3.09. The molecule has 30 heavy (non-hydrogen) atoms. The van der Waals surface area contributed by atoms with Gasteiger partial charge in [-0.2, -0.15) is 0 Å². The smallest absolute Gasteiger partial charge is 0.182 e. The highest BCUT2D eigenvalue weighted by Crippen LogP contribution is 2.37. The molecule has 7 rings (SSSR count). The van der Waals surface area contributed by atoms with Crippen LogP contribution >= 0.6 is 0 Å². The minimum absolute atomic E-state index is 0.921. The molecule has 0 aliphatic carbocycles. The van der Waals surface area contributed by atoms with Crippen molar-refractivity contribution >= 4 is 28.8 Å². The molecule has 2 aliphatic heterocycles. The van der Waals surface area contributed by atoms with Gasteiger partial charge in [0.05, 0.1) is 6.26 Å². The molecule has 2 aliphatic rings. The first-order valence-electron chi connectivity index (χ1n) is 10.4. The van der Waals surface area contributed by atoms with Crippen molar-refractivity contribution in [1.29, 1.82) is 0 Å². The molecule has 140 valence electrons. The molecule has 0 N–H and O–H groups in total. The third-order valence-electron chi connectivity index (χ3n) is 6.80. The summed E-state index contributed by atoms with van der Waals surface area (Å²) in [7, 11) is -2.29. The first-order chi connectivity index (χ1) is 14.9. The summed E-state index contributed by atoms with van der Waals surface area (Å²) in [5.41, 5.74) is 6.67. The summed E-state index contributed by atoms with van der Waals surface area (Å²) < 4.78 is 5.71. The van der Waals surface area contributed by atoms with Crippen molar-refractivity contribution in [2.24, 2.45) is 0 Å². The monoisotopic (exact) mass is 398 g/mol. The van der Waals surface area contributed by atoms with Gasteiger partial charge in [-0.3, -0.25) is 0 Å². The largest absolute Gasteiger partial charge is 0.464 e. The van der Waals surface area contributed by atoms with Gasteiger partial charge >= 0.3 is 0 Å². The Bertz CT molecular complexity index is 1400. The molecule has 0 atom stereocenters. The van der Waals surface area contributed by atoms with E-state index < -0.39 is 8.07 Å². The van der Waals surface area contributed by atoms with Crippen molar-refractivity contribution in [3.63, 3.8) is 0 Å². The Labute approximate surface area is 176 Å². The van der Waals surface area contributed by atoms with Crippen LogP contribution in [0.2, 0.25) is 0 Å². The standard InChI is InChI=1S/C28H18OSi/c1-4-12-25-20(8-1)21-9-2-5-13-26(21)30(25)27-14-6-3-10-22(27)23-18-19(15-16-28(23)30)24-11-7-17-29-24/h1-18H. The van der Waals surface area contributed by atoms with Crippen LogP contribution < -0.4 is 20.7 Å². The van der Waals surface area contributed by atoms with E-state index in [1.54, 1.807) is 6.26 Å². The molecular weight excluding hydrogens is 380 g/mol. The Balaban J connectivity index is 1.64. The van der Waals surface area contributed by atoms with Crippen LogP contribution in [0.25, 0.3) is 33.6 Å². The van der Waals surface area contributed by atoms with E-state index in [2.05, 4.69) is 91.0 Å². The fraction of sp³-hybridized carbons (Fsp3) is 0. The topological polar surface area (TPSA) is 13.1 Å². The maximum absolute atomic E-state index is 5.71. The van der Waals surface area contributed by atoms with Crippen LogP contribution in [-0.4, -0.2) is 8.07 Å². The van der Waals surface area contributed by atoms with Gasteiger partial charge in [-0.1, -0.05) is 84.9 Å². The summed E-state index contributed by atoms with van der Waals surface area (Å²) in [4.78, 5) is 0. The van der Waals surface area contributed by atoms with Crippen LogP contribution in [0.1, 0.15) is 0 Å². The van der Waals surface area contributed by atoms with E-state index in [0.717, 1.165) is 11.3 Å². The Morgan fingerprint density at radius 2 is 1.00 bits per heavy atom. The molecule has 0 unspecified atom stereocenters. The molecule has 3 heterocycles. The lowest BCUT2D eigenvalue weighted by Crippen LogP contribution is -2.70. The van der Waals surface area contributed by atoms with Crippen LogP contribution in [0.5, 0.6) is 0 Å². The van der Waals surface area contributed by atoms with Crippen molar-refractivity contribution in [2.45, 2.75) is 0 Å². The molecule has 0 amide bonds. The van der Waals surface area contributed by atoms with E-state index >= 15 is 0 Å². The number of furan rings is 1. The van der Waals surface area contributed by atoms with Crippen LogP contribution in [0.4, 0.5) is 0 Å². The number of benzene rings is 4. The van der Waals surface area contributed by atoms with Gasteiger partial charge in [0, 0.05) is 5.56 Å². The van der Waals surface area contributed by atoms with Crippen molar-refractivity contribution in [2.75, 3.05) is 0 Å². The minimum Gasteiger partial charge on any atom is -0.464 e. The molecule has 0 saturated carbocycles. The molecule has 1 nitrogen and oxygen atoms in total. The van der Waals surface area contributed by atoms with Gasteiger partial charge in [0.2, 0.25) is 0 Å². The average Bonchev–Trinajstić information content (AvgIpc) is 3.51. The van der Waals surface area contributed by atoms with E-state index in [9.17, 15) is 0 Å². The highest BCUT2D eigenvalue weighted by molar-refractivity contribution is 7.24. The van der Waals surface area contributed by atoms with Crippen LogP contribution in [0, 0.1) is 0 Å². The first kappa shape index (κ1) is 16.2. The van der Waals surface area contributed by atoms with E-state index in [0.29, 0.717) is 0 Å². The molecule has 0 fully saturated rings. The van der Waals surface area contributed by atoms with Crippen molar-refractivity contribution in [3.05, 3.63) is 109 Å². The molecule has 1 aromatic heterocycles. The van der Waals surface area contributed by atoms with Gasteiger partial charge in [-0.25, -0.2) is 0 Å². The van der Waals surface area contributed by atoms with Crippen LogP contribution in [-0.2, 0) is 0 Å². The Hall–Kier alpha value is -3.62. The molecule has 1 spiro atoms. The van der Waals surface area contributed by atoms with Crippen LogP contribution in [0.15, 0.2) is 114 Å². The van der Waals surface area contributed by atoms with Crippen molar-refractivity contribution < 1.29 is 4.42 Å². The number of hydrogen-bond donors (Lipinski definition) is 0. The number of hydrogen-bond acceptors (Lipinski definition) is 1. The normalized spacial score (nSPS) is 14.3. The fourth-order valence-corrected chi connectivity index (χ4v) is 11.3. The summed E-state index contributed by atoms with van der Waals surface area (Å²) >= 11 is 0. The summed E-state index contributed by atoms with van der Waals surface area (Å²) in [6.45, 7) is 0. The zero-order valence-electron chi connectivity index (χ0n) is 16.3. The summed E-state index contributed by atoms with van der Waals surface area (Å²) in [5.74, 6) is 0.921. The Morgan fingerprint density at radius 3 is 1.57 bits per heavy atom. The zero-order valence-corrected chi connectivity index (χ0v) is 17.3. The second-order valence-corrected chi connectivity index (χ2v) is 11.8. The molecular formula is C28H18OSi. The quantitative estimate of drug-likeness (QED) is 0.376. The average molecular weight is 399 g/mol. The lowest BCUT2D eigenvalue weighted by atomic mass is 10.0. The number of fused-ring (bicyclic) bond motifs is 10. The SMILES string of the molecule is c1coc(-c2ccc3c(c2)-c2ccccc2[Si]32c3ccccc3-c3ccccc32)c1. The first-order valence-corrected chi connectivity index (χ1v) is 12.4. The maximum atomic E-state index is 5.71. The summed E-state index contributed by atoms with van der Waals surface area (Å²) in [5, 5.41) is 6.04. The third kappa shape index (κ3) is 1.83. The highest BCUT2D eigenvalue weighted by Gasteiger charge is 2.53. The summed E-state index contributed by atoms with van der Waals surface area (Å²) in [6.07, 6.45) is 1.75. The molecule has 0 bridgehead atoms. The Morgan fingerprint density at radius 1 is 0.467 bits per heavy atom. The predicted molar refractivity (Wildman–Crippen MR) is 126 cm³/mol. The second-order valence-electron chi connectivity index (χ2n) is 8.12. The predicted octanol–water partition coefficient (Wildman–Crippen LogP) is 4.28. The third-order valence-corrected chi connectivity index (χ3v) is 11.8.